The van der Waals surface area contributed by atoms with E-state index in [1.807, 2.05) is 0 Å². The molecule has 2 aromatic rings. The van der Waals surface area contributed by atoms with Crippen molar-refractivity contribution in [2.75, 3.05) is 5.75 Å². The first-order valence-corrected chi connectivity index (χ1v) is 10.9. The molecule has 5 unspecified atom stereocenters. The average Bonchev–Trinajstić information content (AvgIpc) is 3.49. The number of imidazole rings is 2. The van der Waals surface area contributed by atoms with Crippen molar-refractivity contribution < 1.29 is 29.4 Å². The maximum absolute atomic E-state index is 13.1. The van der Waals surface area contributed by atoms with Gasteiger partial charge in [0.25, 0.3) is 0 Å². The molecular weight excluding hydrogens is 468 g/mol. The number of carbonyl (C=O) groups is 4. The zero-order valence-electron chi connectivity index (χ0n) is 18.3. The summed E-state index contributed by atoms with van der Waals surface area (Å²) in [4.78, 5) is 63.0. The summed E-state index contributed by atoms with van der Waals surface area (Å²) < 4.78 is 0. The Balaban J connectivity index is 2.22. The highest BCUT2D eigenvalue weighted by molar-refractivity contribution is 7.80. The Kier molecular flexibility index (Phi) is 10.0. The second-order valence-corrected chi connectivity index (χ2v) is 7.90. The van der Waals surface area contributed by atoms with E-state index in [0.29, 0.717) is 11.4 Å². The van der Waals surface area contributed by atoms with Gasteiger partial charge in [-0.25, -0.2) is 14.8 Å². The van der Waals surface area contributed by atoms with Gasteiger partial charge in [0.05, 0.1) is 18.8 Å². The maximum Gasteiger partial charge on any atom is 0.327 e. The molecule has 0 aliphatic carbocycles. The molecule has 0 radical (unpaired) electrons. The van der Waals surface area contributed by atoms with E-state index >= 15 is 0 Å². The second-order valence-electron chi connectivity index (χ2n) is 7.53. The van der Waals surface area contributed by atoms with Crippen LogP contribution in [-0.2, 0) is 32.0 Å². The lowest BCUT2D eigenvalue weighted by atomic mass is 10.1. The van der Waals surface area contributed by atoms with Gasteiger partial charge in [0.2, 0.25) is 17.7 Å². The van der Waals surface area contributed by atoms with Crippen LogP contribution in [0.2, 0.25) is 0 Å². The fourth-order valence-corrected chi connectivity index (χ4v) is 3.12. The number of aliphatic hydroxyl groups is 1. The van der Waals surface area contributed by atoms with Gasteiger partial charge in [-0.1, -0.05) is 0 Å². The highest BCUT2D eigenvalue weighted by Gasteiger charge is 2.31. The van der Waals surface area contributed by atoms with Crippen LogP contribution in [0.5, 0.6) is 0 Å². The predicted molar refractivity (Wildman–Crippen MR) is 122 cm³/mol. The number of amides is 3. The number of carbonyl (C=O) groups excluding carboxylic acids is 3. The number of aromatic amines is 2. The molecule has 5 atom stereocenters. The number of nitrogens with two attached hydrogens (primary N) is 1. The van der Waals surface area contributed by atoms with E-state index in [0.717, 1.165) is 0 Å². The van der Waals surface area contributed by atoms with Crippen LogP contribution in [0.3, 0.4) is 0 Å². The number of aliphatic hydroxyl groups excluding tert-OH is 1. The van der Waals surface area contributed by atoms with Crippen LogP contribution in [-0.4, -0.2) is 89.9 Å². The summed E-state index contributed by atoms with van der Waals surface area (Å²) in [5, 5.41) is 26.1. The van der Waals surface area contributed by atoms with E-state index in [2.05, 4.69) is 48.5 Å². The van der Waals surface area contributed by atoms with Crippen molar-refractivity contribution in [3.8, 4) is 0 Å². The van der Waals surface area contributed by atoms with E-state index in [4.69, 9.17) is 5.73 Å². The molecule has 0 spiro atoms. The largest absolute Gasteiger partial charge is 0.480 e. The monoisotopic (exact) mass is 496 g/mol. The Hall–Kier alpha value is -3.43. The number of hydrogen-bond acceptors (Lipinski definition) is 9. The van der Waals surface area contributed by atoms with E-state index in [-0.39, 0.29) is 18.6 Å². The third-order valence-corrected chi connectivity index (χ3v) is 5.21. The number of aliphatic carboxylic acids is 1. The van der Waals surface area contributed by atoms with Crippen LogP contribution in [0.15, 0.2) is 25.0 Å². The van der Waals surface area contributed by atoms with Crippen LogP contribution in [0.1, 0.15) is 18.3 Å². The zero-order valence-corrected chi connectivity index (χ0v) is 19.2. The lowest BCUT2D eigenvalue weighted by molar-refractivity contribution is -0.141. The number of aromatic nitrogens is 4. The number of hydrogen-bond donors (Lipinski definition) is 9. The van der Waals surface area contributed by atoms with Gasteiger partial charge < -0.3 is 41.9 Å². The Morgan fingerprint density at radius 1 is 0.941 bits per heavy atom. The highest BCUT2D eigenvalue weighted by Crippen LogP contribution is 2.05. The fraction of sp³-hybridized carbons (Fsp3) is 0.474. The van der Waals surface area contributed by atoms with Gasteiger partial charge in [0.15, 0.2) is 0 Å². The third-order valence-electron chi connectivity index (χ3n) is 4.84. The number of H-pyrrole nitrogens is 2. The Morgan fingerprint density at radius 2 is 1.38 bits per heavy atom. The average molecular weight is 497 g/mol. The number of carboxylic acid groups (broad SMARTS) is 1. The van der Waals surface area contributed by atoms with Gasteiger partial charge >= 0.3 is 5.97 Å². The van der Waals surface area contributed by atoms with Crippen LogP contribution in [0.4, 0.5) is 0 Å². The molecule has 0 aromatic carbocycles. The van der Waals surface area contributed by atoms with Crippen LogP contribution in [0, 0.1) is 0 Å². The first-order valence-electron chi connectivity index (χ1n) is 10.2. The molecule has 9 N–H and O–H groups in total. The lowest BCUT2D eigenvalue weighted by Crippen LogP contribution is -2.59. The molecule has 15 heteroatoms. The molecule has 0 bridgehead atoms. The minimum Gasteiger partial charge on any atom is -0.480 e. The van der Waals surface area contributed by atoms with E-state index in [9.17, 15) is 29.4 Å². The van der Waals surface area contributed by atoms with Crippen molar-refractivity contribution in [1.82, 2.24) is 35.9 Å². The Labute approximate surface area is 199 Å². The summed E-state index contributed by atoms with van der Waals surface area (Å²) in [6, 6.07) is -4.95. The predicted octanol–water partition coefficient (Wildman–Crippen LogP) is -2.91. The van der Waals surface area contributed by atoms with Gasteiger partial charge in [-0.2, -0.15) is 12.6 Å². The number of nitrogens with one attached hydrogen (secondary N) is 5. The molecule has 186 valence electrons. The molecule has 0 saturated carbocycles. The van der Waals surface area contributed by atoms with Gasteiger partial charge in [0, 0.05) is 42.4 Å². The number of rotatable bonds is 13. The van der Waals surface area contributed by atoms with E-state index < -0.39 is 54.0 Å². The number of carboxylic acids is 1. The smallest absolute Gasteiger partial charge is 0.327 e. The van der Waals surface area contributed by atoms with Crippen LogP contribution in [0.25, 0.3) is 0 Å². The van der Waals surface area contributed by atoms with Gasteiger partial charge in [-0.15, -0.1) is 0 Å². The van der Waals surface area contributed by atoms with Crippen molar-refractivity contribution in [3.63, 3.8) is 0 Å². The molecule has 0 aliphatic heterocycles. The molecule has 2 aromatic heterocycles. The van der Waals surface area contributed by atoms with Crippen molar-refractivity contribution in [2.45, 2.75) is 50.0 Å². The molecule has 0 saturated heterocycles. The van der Waals surface area contributed by atoms with E-state index in [1.165, 1.54) is 32.0 Å². The normalized spacial score (nSPS) is 15.4. The standard InChI is InChI=1S/C19H28N8O6S/c1-9(28)15(20)18(31)26-13(3-11-5-22-8-24-11)16(29)25-12(2-10-4-21-7-23-10)17(30)27-14(6-34)19(32)33/h4-5,7-9,12-15,28,34H,2-3,6,20H2,1H3,(H,21,23)(H,22,24)(H,25,29)(H,26,31)(H,27,30)(H,32,33). The minimum atomic E-state index is -1.29. The summed E-state index contributed by atoms with van der Waals surface area (Å²) in [5.74, 6) is -3.73. The molecule has 2 rings (SSSR count). The lowest BCUT2D eigenvalue weighted by Gasteiger charge is -2.25. The SMILES string of the molecule is CC(O)C(N)C(=O)NC(Cc1cnc[nH]1)C(=O)NC(Cc1cnc[nH]1)C(=O)NC(CS)C(=O)O. The summed E-state index contributed by atoms with van der Waals surface area (Å²) in [6.45, 7) is 1.33. The van der Waals surface area contributed by atoms with Gasteiger partial charge in [-0.05, 0) is 6.92 Å². The van der Waals surface area contributed by atoms with E-state index in [1.54, 1.807) is 0 Å². The fourth-order valence-electron chi connectivity index (χ4n) is 2.87. The quantitative estimate of drug-likeness (QED) is 0.129. The van der Waals surface area contributed by atoms with Crippen molar-refractivity contribution in [2.24, 2.45) is 5.73 Å². The van der Waals surface area contributed by atoms with Crippen LogP contribution >= 0.6 is 12.6 Å². The Bertz CT molecular complexity index is 952. The Morgan fingerprint density at radius 3 is 1.74 bits per heavy atom. The summed E-state index contributed by atoms with van der Waals surface area (Å²) in [6.07, 6.45) is 4.48. The molecule has 34 heavy (non-hydrogen) atoms. The van der Waals surface area contributed by atoms with Crippen molar-refractivity contribution in [1.29, 1.82) is 0 Å². The first kappa shape index (κ1) is 26.8. The molecule has 2 heterocycles. The third kappa shape index (κ3) is 7.86. The zero-order chi connectivity index (χ0) is 25.3. The molecule has 14 nitrogen and oxygen atoms in total. The molecule has 3 amide bonds. The van der Waals surface area contributed by atoms with Gasteiger partial charge in [0.1, 0.15) is 24.2 Å². The minimum absolute atomic E-state index is 0.0170. The maximum atomic E-state index is 13.1. The van der Waals surface area contributed by atoms with Crippen molar-refractivity contribution >= 4 is 36.3 Å². The highest BCUT2D eigenvalue weighted by atomic mass is 32.1. The topological polar surface area (TPSA) is 228 Å². The van der Waals surface area contributed by atoms with Gasteiger partial charge in [-0.3, -0.25) is 14.4 Å². The summed E-state index contributed by atoms with van der Waals surface area (Å²) in [7, 11) is 0. The summed E-state index contributed by atoms with van der Waals surface area (Å²) >= 11 is 3.92. The number of thiol groups is 1. The number of nitrogens with zero attached hydrogens (tertiary/aromatic N) is 2. The van der Waals surface area contributed by atoms with Crippen molar-refractivity contribution in [3.05, 3.63) is 36.4 Å². The molecule has 0 aliphatic rings. The van der Waals surface area contributed by atoms with Crippen LogP contribution < -0.4 is 21.7 Å². The first-order chi connectivity index (χ1) is 16.1. The summed E-state index contributed by atoms with van der Waals surface area (Å²) in [5.41, 5.74) is 6.69. The second kappa shape index (κ2) is 12.7. The molecule has 0 fully saturated rings. The molecular formula is C19H28N8O6S.